The fourth-order valence-corrected chi connectivity index (χ4v) is 2.69. The van der Waals surface area contributed by atoms with Gasteiger partial charge in [0.25, 0.3) is 5.90 Å². The van der Waals surface area contributed by atoms with E-state index in [1.807, 2.05) is 6.92 Å². The number of carbonyl (C=O) groups excluding carboxylic acids is 1. The molecule has 0 spiro atoms. The molecule has 1 heterocycles. The lowest BCUT2D eigenvalue weighted by Crippen LogP contribution is -2.47. The van der Waals surface area contributed by atoms with Crippen LogP contribution in [0.15, 0.2) is 35.8 Å². The molecule has 2 amide bonds. The van der Waals surface area contributed by atoms with Gasteiger partial charge in [-0.05, 0) is 12.5 Å². The van der Waals surface area contributed by atoms with Gasteiger partial charge in [-0.2, -0.15) is 13.2 Å². The highest BCUT2D eigenvalue weighted by Crippen LogP contribution is 2.23. The van der Waals surface area contributed by atoms with E-state index in [-0.39, 0.29) is 11.8 Å². The van der Waals surface area contributed by atoms with E-state index in [0.717, 1.165) is 12.6 Å². The molecule has 9 heteroatoms. The van der Waals surface area contributed by atoms with Gasteiger partial charge in [-0.15, -0.1) is 0 Å². The summed E-state index contributed by atoms with van der Waals surface area (Å²) in [5, 5.41) is 0. The first-order chi connectivity index (χ1) is 13.3. The third-order valence-electron chi connectivity index (χ3n) is 4.25. The van der Waals surface area contributed by atoms with Crippen LogP contribution in [0.25, 0.3) is 5.76 Å². The number of aliphatic imine (C=N–C) groups is 1. The van der Waals surface area contributed by atoms with E-state index in [0.29, 0.717) is 45.0 Å². The molecule has 2 rings (SSSR count). The van der Waals surface area contributed by atoms with Crippen molar-refractivity contribution >= 4 is 17.7 Å². The lowest BCUT2D eigenvalue weighted by Gasteiger charge is -2.32. The maximum absolute atomic E-state index is 12.7. The fraction of sp³-hybridized carbons (Fsp3) is 0.474. The first-order valence-corrected chi connectivity index (χ1v) is 8.88. The molecule has 0 aromatic heterocycles. The van der Waals surface area contributed by atoms with E-state index in [1.165, 1.54) is 0 Å². The Morgan fingerprint density at radius 1 is 1.29 bits per heavy atom. The zero-order chi connectivity index (χ0) is 20.7. The van der Waals surface area contributed by atoms with Gasteiger partial charge in [0.1, 0.15) is 5.76 Å². The molecule has 1 aliphatic rings. The molecule has 0 unspecified atom stereocenters. The van der Waals surface area contributed by atoms with Gasteiger partial charge in [-0.25, -0.2) is 4.79 Å². The number of carbonyl (C=O) groups is 1. The monoisotopic (exact) mass is 399 g/mol. The number of urea groups is 1. The summed E-state index contributed by atoms with van der Waals surface area (Å²) in [6.07, 6.45) is -4.68. The predicted octanol–water partition coefficient (Wildman–Crippen LogP) is 3.54. The molecule has 1 aromatic rings. The van der Waals surface area contributed by atoms with Crippen LogP contribution in [0.1, 0.15) is 18.1 Å². The van der Waals surface area contributed by atoms with E-state index >= 15 is 0 Å². The highest BCUT2D eigenvalue weighted by Gasteiger charge is 2.38. The lowest BCUT2D eigenvalue weighted by molar-refractivity contribution is -0.0726. The van der Waals surface area contributed by atoms with Gasteiger partial charge < -0.3 is 19.3 Å². The largest absolute Gasteiger partial charge is 0.468 e. The second kappa shape index (κ2) is 9.59. The van der Waals surface area contributed by atoms with Gasteiger partial charge in [0, 0.05) is 38.8 Å². The predicted molar refractivity (Wildman–Crippen MR) is 99.8 cm³/mol. The highest BCUT2D eigenvalue weighted by molar-refractivity contribution is 5.86. The number of rotatable bonds is 5. The van der Waals surface area contributed by atoms with Crippen LogP contribution < -0.4 is 0 Å². The average Bonchev–Trinajstić information content (AvgIpc) is 2.69. The Balaban J connectivity index is 2.00. The molecular weight excluding hydrogens is 375 g/mol. The molecular formula is C19H24F3N3O3. The summed E-state index contributed by atoms with van der Waals surface area (Å²) in [5.41, 5.74) is 1.25. The van der Waals surface area contributed by atoms with E-state index in [1.54, 1.807) is 34.1 Å². The molecule has 1 fully saturated rings. The minimum atomic E-state index is -4.68. The van der Waals surface area contributed by atoms with Crippen molar-refractivity contribution in [2.45, 2.75) is 19.6 Å². The number of amides is 2. The normalized spacial score (nSPS) is 15.3. The summed E-state index contributed by atoms with van der Waals surface area (Å²) < 4.78 is 48.2. The first kappa shape index (κ1) is 21.7. The van der Waals surface area contributed by atoms with Crippen LogP contribution in [-0.2, 0) is 16.0 Å². The number of hydrogen-bond acceptors (Lipinski definition) is 4. The van der Waals surface area contributed by atoms with Crippen molar-refractivity contribution in [1.82, 2.24) is 9.80 Å². The van der Waals surface area contributed by atoms with Crippen LogP contribution in [0.2, 0.25) is 0 Å². The first-order valence-electron chi connectivity index (χ1n) is 8.88. The van der Waals surface area contributed by atoms with Gasteiger partial charge in [0.15, 0.2) is 0 Å². The van der Waals surface area contributed by atoms with Crippen molar-refractivity contribution in [3.63, 3.8) is 0 Å². The smallest absolute Gasteiger partial charge is 0.435 e. The minimum Gasteiger partial charge on any atom is -0.435 e. The molecule has 154 valence electrons. The molecule has 0 N–H and O–H groups in total. The summed E-state index contributed by atoms with van der Waals surface area (Å²) in [4.78, 5) is 19.2. The number of hydrogen-bond donors (Lipinski definition) is 0. The SMILES string of the molecule is C=C(OC(=NC)C(F)(F)F)c1ccc(CN(CC)C(=O)N2CCOCC2)cc1. The molecule has 28 heavy (non-hydrogen) atoms. The van der Waals surface area contributed by atoms with Crippen LogP contribution in [0.4, 0.5) is 18.0 Å². The molecule has 0 radical (unpaired) electrons. The highest BCUT2D eigenvalue weighted by atomic mass is 19.4. The molecule has 0 saturated carbocycles. The van der Waals surface area contributed by atoms with Crippen molar-refractivity contribution in [3.05, 3.63) is 42.0 Å². The van der Waals surface area contributed by atoms with Crippen LogP contribution in [-0.4, -0.2) is 67.8 Å². The quantitative estimate of drug-likeness (QED) is 0.432. The third kappa shape index (κ3) is 5.72. The molecule has 0 atom stereocenters. The van der Waals surface area contributed by atoms with Crippen molar-refractivity contribution in [1.29, 1.82) is 0 Å². The number of ether oxygens (including phenoxy) is 2. The summed E-state index contributed by atoms with van der Waals surface area (Å²) in [5.74, 6) is -1.50. The average molecular weight is 399 g/mol. The molecule has 1 aliphatic heterocycles. The molecule has 6 nitrogen and oxygen atoms in total. The summed E-state index contributed by atoms with van der Waals surface area (Å²) >= 11 is 0. The second-order valence-corrected chi connectivity index (χ2v) is 6.14. The Kier molecular flexibility index (Phi) is 7.45. The van der Waals surface area contributed by atoms with Crippen molar-refractivity contribution in [2.75, 3.05) is 39.9 Å². The number of morpholine rings is 1. The molecule has 1 aromatic carbocycles. The van der Waals surface area contributed by atoms with Gasteiger partial charge in [-0.1, -0.05) is 30.8 Å². The van der Waals surface area contributed by atoms with Gasteiger partial charge in [-0.3, -0.25) is 4.99 Å². The molecule has 0 aliphatic carbocycles. The lowest BCUT2D eigenvalue weighted by atomic mass is 10.1. The zero-order valence-electron chi connectivity index (χ0n) is 16.0. The van der Waals surface area contributed by atoms with Crippen LogP contribution >= 0.6 is 0 Å². The standard InChI is InChI=1S/C19H24F3N3O3/c1-4-24(18(26)25-9-11-27-12-10-25)13-15-5-7-16(8-6-15)14(2)28-17(23-3)19(20,21)22/h5-8H,2,4,9-13H2,1,3H3. The molecule has 0 bridgehead atoms. The second-order valence-electron chi connectivity index (χ2n) is 6.14. The summed E-state index contributed by atoms with van der Waals surface area (Å²) in [7, 11) is 1.00. The summed E-state index contributed by atoms with van der Waals surface area (Å²) in [6.45, 7) is 8.54. The van der Waals surface area contributed by atoms with E-state index in [4.69, 9.17) is 9.47 Å². The number of benzene rings is 1. The van der Waals surface area contributed by atoms with Crippen molar-refractivity contribution in [2.24, 2.45) is 4.99 Å². The van der Waals surface area contributed by atoms with Crippen LogP contribution in [0.3, 0.4) is 0 Å². The zero-order valence-corrected chi connectivity index (χ0v) is 16.0. The maximum atomic E-state index is 12.7. The van der Waals surface area contributed by atoms with Crippen LogP contribution in [0.5, 0.6) is 0 Å². The number of nitrogens with zero attached hydrogens (tertiary/aromatic N) is 3. The Morgan fingerprint density at radius 2 is 1.89 bits per heavy atom. The Bertz CT molecular complexity index is 711. The summed E-state index contributed by atoms with van der Waals surface area (Å²) in [6, 6.07) is 6.62. The minimum absolute atomic E-state index is 0.0587. The van der Waals surface area contributed by atoms with E-state index < -0.39 is 12.1 Å². The number of alkyl halides is 3. The third-order valence-corrected chi connectivity index (χ3v) is 4.25. The fourth-order valence-electron chi connectivity index (χ4n) is 2.69. The Labute approximate surface area is 162 Å². The van der Waals surface area contributed by atoms with Crippen molar-refractivity contribution in [3.8, 4) is 0 Å². The van der Waals surface area contributed by atoms with E-state index in [9.17, 15) is 18.0 Å². The van der Waals surface area contributed by atoms with Crippen molar-refractivity contribution < 1.29 is 27.4 Å². The van der Waals surface area contributed by atoms with Crippen LogP contribution in [0, 0.1) is 0 Å². The maximum Gasteiger partial charge on any atom is 0.468 e. The topological polar surface area (TPSA) is 54.4 Å². The van der Waals surface area contributed by atoms with Gasteiger partial charge in [0.2, 0.25) is 0 Å². The Hall–Kier alpha value is -2.55. The molecule has 1 saturated heterocycles. The number of halogens is 3. The van der Waals surface area contributed by atoms with E-state index in [2.05, 4.69) is 11.6 Å². The Morgan fingerprint density at radius 3 is 2.39 bits per heavy atom. The van der Waals surface area contributed by atoms with Gasteiger partial charge >= 0.3 is 12.2 Å². The van der Waals surface area contributed by atoms with Gasteiger partial charge in [0.05, 0.1) is 13.2 Å².